The molecule has 0 aliphatic rings. The number of nitrogens with zero attached hydrogens (tertiary/aromatic N) is 2. The van der Waals surface area contributed by atoms with Gasteiger partial charge in [0.25, 0.3) is 10.0 Å². The Kier molecular flexibility index (Phi) is 3.82. The molecule has 0 bridgehead atoms. The number of carboxylic acids is 1. The second-order valence-corrected chi connectivity index (χ2v) is 6.57. The molecule has 0 aliphatic heterocycles. The van der Waals surface area contributed by atoms with Crippen molar-refractivity contribution in [2.24, 2.45) is 0 Å². The van der Waals surface area contributed by atoms with Gasteiger partial charge in [-0.2, -0.15) is 9.19 Å². The summed E-state index contributed by atoms with van der Waals surface area (Å²) in [5.41, 5.74) is 0.541. The summed E-state index contributed by atoms with van der Waals surface area (Å²) in [6.07, 6.45) is 2.46. The van der Waals surface area contributed by atoms with Gasteiger partial charge in [-0.25, -0.2) is 17.6 Å². The molecule has 0 unspecified atom stereocenters. The summed E-state index contributed by atoms with van der Waals surface area (Å²) in [6, 6.07) is 2.28. The lowest BCUT2D eigenvalue weighted by Gasteiger charge is -2.06. The first-order valence-electron chi connectivity index (χ1n) is 6.08. The van der Waals surface area contributed by atoms with E-state index in [1.807, 2.05) is 0 Å². The standard InChI is InChI=1S/C13H13FN2O4S/c1-3-21(19,20)16-7-9(6-15-16)10-4-8(2)12(14)5-11(10)13(17)18/h4-7H,3H2,1-2H3,(H,17,18). The predicted octanol–water partition coefficient (Wildman–Crippen LogP) is 1.89. The Labute approximate surface area is 120 Å². The van der Waals surface area contributed by atoms with Crippen LogP contribution >= 0.6 is 0 Å². The molecule has 0 amide bonds. The van der Waals surface area contributed by atoms with Gasteiger partial charge in [-0.1, -0.05) is 0 Å². The maximum atomic E-state index is 13.5. The van der Waals surface area contributed by atoms with E-state index in [9.17, 15) is 17.6 Å². The molecular formula is C13H13FN2O4S. The van der Waals surface area contributed by atoms with Crippen molar-refractivity contribution < 1.29 is 22.7 Å². The molecule has 0 saturated carbocycles. The van der Waals surface area contributed by atoms with Crippen molar-refractivity contribution in [2.45, 2.75) is 13.8 Å². The smallest absolute Gasteiger partial charge is 0.336 e. The van der Waals surface area contributed by atoms with Crippen molar-refractivity contribution in [1.29, 1.82) is 0 Å². The van der Waals surface area contributed by atoms with E-state index in [-0.39, 0.29) is 22.4 Å². The number of halogens is 1. The topological polar surface area (TPSA) is 89.3 Å². The Balaban J connectivity index is 2.63. The third kappa shape index (κ3) is 2.80. The molecule has 1 N–H and O–H groups in total. The van der Waals surface area contributed by atoms with Crippen molar-refractivity contribution in [3.05, 3.63) is 41.5 Å². The predicted molar refractivity (Wildman–Crippen MR) is 74.2 cm³/mol. The van der Waals surface area contributed by atoms with Gasteiger partial charge in [0.1, 0.15) is 5.82 Å². The highest BCUT2D eigenvalue weighted by Gasteiger charge is 2.18. The molecule has 112 valence electrons. The third-order valence-electron chi connectivity index (χ3n) is 3.05. The molecule has 0 fully saturated rings. The van der Waals surface area contributed by atoms with E-state index in [2.05, 4.69) is 5.10 Å². The van der Waals surface area contributed by atoms with E-state index in [0.29, 0.717) is 5.56 Å². The van der Waals surface area contributed by atoms with Crippen LogP contribution in [0.15, 0.2) is 24.5 Å². The largest absolute Gasteiger partial charge is 0.478 e. The highest BCUT2D eigenvalue weighted by Crippen LogP contribution is 2.26. The second kappa shape index (κ2) is 5.28. The minimum atomic E-state index is -3.55. The lowest BCUT2D eigenvalue weighted by atomic mass is 9.99. The van der Waals surface area contributed by atoms with Crippen LogP contribution < -0.4 is 0 Å². The third-order valence-corrected chi connectivity index (χ3v) is 4.55. The highest BCUT2D eigenvalue weighted by molar-refractivity contribution is 7.89. The molecule has 2 aromatic rings. The molecule has 0 radical (unpaired) electrons. The number of rotatable bonds is 4. The fourth-order valence-electron chi connectivity index (χ4n) is 1.83. The fourth-order valence-corrected chi connectivity index (χ4v) is 2.56. The fraction of sp³-hybridized carbons (Fsp3) is 0.231. The molecule has 2 rings (SSSR count). The monoisotopic (exact) mass is 312 g/mol. The molecule has 0 spiro atoms. The quantitative estimate of drug-likeness (QED) is 0.931. The van der Waals surface area contributed by atoms with Gasteiger partial charge in [0.15, 0.2) is 0 Å². The van der Waals surface area contributed by atoms with E-state index in [0.717, 1.165) is 10.2 Å². The van der Waals surface area contributed by atoms with Crippen molar-refractivity contribution in [2.75, 3.05) is 5.75 Å². The minimum absolute atomic E-state index is 0.137. The summed E-state index contributed by atoms with van der Waals surface area (Å²) in [5.74, 6) is -2.07. The van der Waals surface area contributed by atoms with Gasteiger partial charge >= 0.3 is 5.97 Å². The molecular weight excluding hydrogens is 299 g/mol. The van der Waals surface area contributed by atoms with Crippen LogP contribution in [-0.4, -0.2) is 34.4 Å². The van der Waals surface area contributed by atoms with Crippen molar-refractivity contribution >= 4 is 16.0 Å². The molecule has 1 aromatic carbocycles. The number of hydrogen-bond donors (Lipinski definition) is 1. The van der Waals surface area contributed by atoms with Gasteiger partial charge in [-0.15, -0.1) is 0 Å². The number of carboxylic acid groups (broad SMARTS) is 1. The average molecular weight is 312 g/mol. The number of benzene rings is 1. The zero-order chi connectivity index (χ0) is 15.8. The summed E-state index contributed by atoms with van der Waals surface area (Å²) in [4.78, 5) is 11.2. The van der Waals surface area contributed by atoms with Gasteiger partial charge in [0.2, 0.25) is 0 Å². The van der Waals surface area contributed by atoms with Crippen LogP contribution in [0.2, 0.25) is 0 Å². The van der Waals surface area contributed by atoms with Gasteiger partial charge in [-0.3, -0.25) is 0 Å². The second-order valence-electron chi connectivity index (χ2n) is 4.45. The Hall–Kier alpha value is -2.22. The normalized spacial score (nSPS) is 11.6. The molecule has 0 atom stereocenters. The summed E-state index contributed by atoms with van der Waals surface area (Å²) in [5, 5.41) is 12.9. The Bertz CT molecular complexity index is 812. The molecule has 0 saturated heterocycles. The molecule has 1 aromatic heterocycles. The first kappa shape index (κ1) is 15.2. The number of carbonyl (C=O) groups is 1. The maximum absolute atomic E-state index is 13.5. The first-order valence-corrected chi connectivity index (χ1v) is 7.69. The number of aromatic carboxylic acids is 1. The minimum Gasteiger partial charge on any atom is -0.478 e. The van der Waals surface area contributed by atoms with Crippen molar-refractivity contribution in [1.82, 2.24) is 9.19 Å². The summed E-state index contributed by atoms with van der Waals surface area (Å²) < 4.78 is 37.7. The van der Waals surface area contributed by atoms with E-state index >= 15 is 0 Å². The van der Waals surface area contributed by atoms with Gasteiger partial charge in [0.05, 0.1) is 23.7 Å². The van der Waals surface area contributed by atoms with Crippen LogP contribution in [0.5, 0.6) is 0 Å². The lowest BCUT2D eigenvalue weighted by molar-refractivity contribution is 0.0697. The lowest BCUT2D eigenvalue weighted by Crippen LogP contribution is -2.14. The molecule has 0 aliphatic carbocycles. The number of aromatic nitrogens is 2. The first-order chi connectivity index (χ1) is 9.76. The van der Waals surface area contributed by atoms with Gasteiger partial charge in [-0.05, 0) is 37.1 Å². The molecule has 1 heterocycles. The average Bonchev–Trinajstić information content (AvgIpc) is 2.91. The van der Waals surface area contributed by atoms with E-state index in [1.54, 1.807) is 0 Å². The number of aryl methyl sites for hydroxylation is 1. The summed E-state index contributed by atoms with van der Waals surface area (Å²) in [6.45, 7) is 2.97. The van der Waals surface area contributed by atoms with Crippen LogP contribution in [0.4, 0.5) is 4.39 Å². The van der Waals surface area contributed by atoms with E-state index in [4.69, 9.17) is 5.11 Å². The Morgan fingerprint density at radius 1 is 1.43 bits per heavy atom. The van der Waals surface area contributed by atoms with Crippen molar-refractivity contribution in [3.8, 4) is 11.1 Å². The molecule has 8 heteroatoms. The zero-order valence-corrected chi connectivity index (χ0v) is 12.2. The van der Waals surface area contributed by atoms with Crippen LogP contribution in [0, 0.1) is 12.7 Å². The Morgan fingerprint density at radius 2 is 2.10 bits per heavy atom. The SMILES string of the molecule is CCS(=O)(=O)n1cc(-c2cc(C)c(F)cc2C(=O)O)cn1. The highest BCUT2D eigenvalue weighted by atomic mass is 32.2. The maximum Gasteiger partial charge on any atom is 0.336 e. The Morgan fingerprint density at radius 3 is 2.67 bits per heavy atom. The van der Waals surface area contributed by atoms with E-state index in [1.165, 1.54) is 32.3 Å². The zero-order valence-electron chi connectivity index (χ0n) is 11.4. The van der Waals surface area contributed by atoms with Crippen LogP contribution in [-0.2, 0) is 10.0 Å². The summed E-state index contributed by atoms with van der Waals surface area (Å²) >= 11 is 0. The van der Waals surface area contributed by atoms with Crippen LogP contribution in [0.25, 0.3) is 11.1 Å². The van der Waals surface area contributed by atoms with Crippen molar-refractivity contribution in [3.63, 3.8) is 0 Å². The van der Waals surface area contributed by atoms with Crippen LogP contribution in [0.1, 0.15) is 22.8 Å². The van der Waals surface area contributed by atoms with Crippen LogP contribution in [0.3, 0.4) is 0 Å². The number of hydrogen-bond acceptors (Lipinski definition) is 4. The summed E-state index contributed by atoms with van der Waals surface area (Å²) in [7, 11) is -3.55. The van der Waals surface area contributed by atoms with Gasteiger partial charge < -0.3 is 5.11 Å². The molecule has 21 heavy (non-hydrogen) atoms. The molecule has 6 nitrogen and oxygen atoms in total. The van der Waals surface area contributed by atoms with E-state index < -0.39 is 21.8 Å². The van der Waals surface area contributed by atoms with Gasteiger partial charge in [0, 0.05) is 5.56 Å².